The Labute approximate surface area is 115 Å². The Morgan fingerprint density at radius 1 is 1.28 bits per heavy atom. The number of nitrogens with one attached hydrogen (secondary N) is 2. The van der Waals surface area contributed by atoms with E-state index in [0.717, 1.165) is 32.6 Å². The average molecular weight is 278 g/mol. The van der Waals surface area contributed by atoms with Crippen molar-refractivity contribution < 1.29 is 9.59 Å². The molecule has 0 radical (unpaired) electrons. The van der Waals surface area contributed by atoms with Gasteiger partial charge in [-0.3, -0.25) is 9.59 Å². The van der Waals surface area contributed by atoms with Gasteiger partial charge < -0.3 is 15.5 Å². The molecule has 0 spiro atoms. The standard InChI is InChI=1S/C12H23N3O2.ClH/c1-10(2)3-4-11(16)14-9-12(17)15-7-5-13-6-8-15;/h10,13H,3-9H2,1-2H3,(H,14,16);1H. The Hall–Kier alpha value is -0.810. The topological polar surface area (TPSA) is 61.4 Å². The minimum absolute atomic E-state index is 0. The van der Waals surface area contributed by atoms with Gasteiger partial charge in [-0.15, -0.1) is 12.4 Å². The van der Waals surface area contributed by atoms with Crippen LogP contribution in [0.3, 0.4) is 0 Å². The first kappa shape index (κ1) is 17.2. The van der Waals surface area contributed by atoms with Gasteiger partial charge >= 0.3 is 0 Å². The van der Waals surface area contributed by atoms with Gasteiger partial charge in [-0.25, -0.2) is 0 Å². The second kappa shape index (κ2) is 9.16. The Bertz CT molecular complexity index is 266. The zero-order chi connectivity index (χ0) is 12.7. The zero-order valence-electron chi connectivity index (χ0n) is 11.2. The molecule has 2 N–H and O–H groups in total. The summed E-state index contributed by atoms with van der Waals surface area (Å²) in [7, 11) is 0. The molecule has 1 saturated heterocycles. The number of rotatable bonds is 5. The molecule has 1 rings (SSSR count). The van der Waals surface area contributed by atoms with Gasteiger partial charge in [0, 0.05) is 32.6 Å². The zero-order valence-corrected chi connectivity index (χ0v) is 12.0. The van der Waals surface area contributed by atoms with E-state index in [1.54, 1.807) is 4.90 Å². The second-order valence-electron chi connectivity index (χ2n) is 4.84. The van der Waals surface area contributed by atoms with Crippen molar-refractivity contribution in [3.8, 4) is 0 Å². The lowest BCUT2D eigenvalue weighted by molar-refractivity contribution is -0.133. The molecule has 1 fully saturated rings. The van der Waals surface area contributed by atoms with Gasteiger partial charge in [0.05, 0.1) is 6.54 Å². The van der Waals surface area contributed by atoms with Crippen molar-refractivity contribution in [2.75, 3.05) is 32.7 Å². The average Bonchev–Trinajstić information content (AvgIpc) is 2.34. The number of hydrogen-bond acceptors (Lipinski definition) is 3. The van der Waals surface area contributed by atoms with E-state index < -0.39 is 0 Å². The number of amides is 2. The molecule has 0 unspecified atom stereocenters. The molecular weight excluding hydrogens is 254 g/mol. The summed E-state index contributed by atoms with van der Waals surface area (Å²) < 4.78 is 0. The highest BCUT2D eigenvalue weighted by atomic mass is 35.5. The quantitative estimate of drug-likeness (QED) is 0.764. The summed E-state index contributed by atoms with van der Waals surface area (Å²) in [4.78, 5) is 25.0. The molecule has 0 aromatic rings. The van der Waals surface area contributed by atoms with Crippen molar-refractivity contribution in [3.05, 3.63) is 0 Å². The lowest BCUT2D eigenvalue weighted by Gasteiger charge is -2.27. The Kier molecular flexibility index (Phi) is 8.75. The maximum atomic E-state index is 11.7. The summed E-state index contributed by atoms with van der Waals surface area (Å²) in [6, 6.07) is 0. The van der Waals surface area contributed by atoms with Crippen LogP contribution in [-0.2, 0) is 9.59 Å². The molecule has 0 atom stereocenters. The first-order valence-electron chi connectivity index (χ1n) is 6.35. The molecule has 2 amide bonds. The maximum Gasteiger partial charge on any atom is 0.242 e. The van der Waals surface area contributed by atoms with Crippen LogP contribution < -0.4 is 10.6 Å². The minimum Gasteiger partial charge on any atom is -0.347 e. The summed E-state index contributed by atoms with van der Waals surface area (Å²) in [5.41, 5.74) is 0. The van der Waals surface area contributed by atoms with Crippen LogP contribution in [0.5, 0.6) is 0 Å². The normalized spacial score (nSPS) is 15.2. The van der Waals surface area contributed by atoms with Crippen molar-refractivity contribution >= 4 is 24.2 Å². The molecule has 0 aromatic carbocycles. The number of halogens is 1. The van der Waals surface area contributed by atoms with Crippen molar-refractivity contribution in [2.45, 2.75) is 26.7 Å². The summed E-state index contributed by atoms with van der Waals surface area (Å²) in [6.07, 6.45) is 1.38. The summed E-state index contributed by atoms with van der Waals surface area (Å²) in [5, 5.41) is 5.87. The lowest BCUT2D eigenvalue weighted by Crippen LogP contribution is -2.49. The molecule has 1 heterocycles. The number of carbonyl (C=O) groups is 2. The van der Waals surface area contributed by atoms with Gasteiger partial charge in [-0.05, 0) is 12.3 Å². The van der Waals surface area contributed by atoms with Gasteiger partial charge in [-0.2, -0.15) is 0 Å². The van der Waals surface area contributed by atoms with Gasteiger partial charge in [0.1, 0.15) is 0 Å². The third kappa shape index (κ3) is 6.81. The molecule has 106 valence electrons. The van der Waals surface area contributed by atoms with Crippen LogP contribution in [0.15, 0.2) is 0 Å². The SMILES string of the molecule is CC(C)CCC(=O)NCC(=O)N1CCNCC1.Cl. The van der Waals surface area contributed by atoms with Crippen LogP contribution in [0.25, 0.3) is 0 Å². The van der Waals surface area contributed by atoms with E-state index in [0.29, 0.717) is 12.3 Å². The molecular formula is C12H24ClN3O2. The van der Waals surface area contributed by atoms with Gasteiger partial charge in [0.15, 0.2) is 0 Å². The number of piperazine rings is 1. The first-order valence-corrected chi connectivity index (χ1v) is 6.35. The smallest absolute Gasteiger partial charge is 0.242 e. The van der Waals surface area contributed by atoms with Crippen LogP contribution in [0.1, 0.15) is 26.7 Å². The van der Waals surface area contributed by atoms with Crippen molar-refractivity contribution in [3.63, 3.8) is 0 Å². The van der Waals surface area contributed by atoms with E-state index in [-0.39, 0.29) is 30.8 Å². The fourth-order valence-corrected chi connectivity index (χ4v) is 1.71. The molecule has 6 heteroatoms. The molecule has 5 nitrogen and oxygen atoms in total. The maximum absolute atomic E-state index is 11.7. The molecule has 0 aliphatic carbocycles. The van der Waals surface area contributed by atoms with E-state index in [2.05, 4.69) is 24.5 Å². The first-order chi connectivity index (χ1) is 8.09. The van der Waals surface area contributed by atoms with Crippen molar-refractivity contribution in [2.24, 2.45) is 5.92 Å². The monoisotopic (exact) mass is 277 g/mol. The van der Waals surface area contributed by atoms with E-state index in [1.807, 2.05) is 0 Å². The molecule has 0 bridgehead atoms. The highest BCUT2D eigenvalue weighted by Gasteiger charge is 2.16. The van der Waals surface area contributed by atoms with Gasteiger partial charge in [0.25, 0.3) is 0 Å². The fourth-order valence-electron chi connectivity index (χ4n) is 1.71. The minimum atomic E-state index is -0.0258. The third-order valence-electron chi connectivity index (χ3n) is 2.86. The lowest BCUT2D eigenvalue weighted by atomic mass is 10.1. The molecule has 0 saturated carbocycles. The van der Waals surface area contributed by atoms with Crippen LogP contribution in [0.2, 0.25) is 0 Å². The Balaban J connectivity index is 0.00000289. The van der Waals surface area contributed by atoms with Gasteiger partial charge in [-0.1, -0.05) is 13.8 Å². The molecule has 1 aliphatic heterocycles. The van der Waals surface area contributed by atoms with Crippen LogP contribution in [0.4, 0.5) is 0 Å². The summed E-state index contributed by atoms with van der Waals surface area (Å²) >= 11 is 0. The Morgan fingerprint density at radius 2 is 1.89 bits per heavy atom. The largest absolute Gasteiger partial charge is 0.347 e. The van der Waals surface area contributed by atoms with E-state index in [4.69, 9.17) is 0 Å². The number of carbonyl (C=O) groups excluding carboxylic acids is 2. The third-order valence-corrected chi connectivity index (χ3v) is 2.86. The highest BCUT2D eigenvalue weighted by molar-refractivity contribution is 5.85. The number of hydrogen-bond donors (Lipinski definition) is 2. The molecule has 1 aliphatic rings. The van der Waals surface area contributed by atoms with Crippen molar-refractivity contribution in [1.29, 1.82) is 0 Å². The van der Waals surface area contributed by atoms with Crippen LogP contribution in [-0.4, -0.2) is 49.4 Å². The predicted octanol–water partition coefficient (Wildman–Crippen LogP) is 0.392. The molecule has 0 aromatic heterocycles. The summed E-state index contributed by atoms with van der Waals surface area (Å²) in [5.74, 6) is 0.510. The predicted molar refractivity (Wildman–Crippen MR) is 73.8 cm³/mol. The van der Waals surface area contributed by atoms with E-state index in [9.17, 15) is 9.59 Å². The van der Waals surface area contributed by atoms with E-state index in [1.165, 1.54) is 0 Å². The van der Waals surface area contributed by atoms with E-state index >= 15 is 0 Å². The van der Waals surface area contributed by atoms with Gasteiger partial charge in [0.2, 0.25) is 11.8 Å². The Morgan fingerprint density at radius 3 is 2.44 bits per heavy atom. The fraction of sp³-hybridized carbons (Fsp3) is 0.833. The second-order valence-corrected chi connectivity index (χ2v) is 4.84. The highest BCUT2D eigenvalue weighted by Crippen LogP contribution is 2.02. The number of nitrogens with zero attached hydrogens (tertiary/aromatic N) is 1. The molecule has 18 heavy (non-hydrogen) atoms. The van der Waals surface area contributed by atoms with Crippen LogP contribution in [0, 0.1) is 5.92 Å². The summed E-state index contributed by atoms with van der Waals surface area (Å²) in [6.45, 7) is 7.46. The van der Waals surface area contributed by atoms with Crippen molar-refractivity contribution in [1.82, 2.24) is 15.5 Å². The van der Waals surface area contributed by atoms with Crippen LogP contribution >= 0.6 is 12.4 Å².